The largest absolute Gasteiger partial charge is 0.352 e. The van der Waals surface area contributed by atoms with E-state index in [2.05, 4.69) is 22.4 Å². The lowest BCUT2D eigenvalue weighted by Gasteiger charge is -2.35. The average molecular weight is 443 g/mol. The summed E-state index contributed by atoms with van der Waals surface area (Å²) < 4.78 is 3.83. The molecule has 1 aromatic carbocycles. The molecule has 0 bridgehead atoms. The number of para-hydroxylation sites is 2. The monoisotopic (exact) mass is 442 g/mol. The molecule has 2 aromatic heterocycles. The average Bonchev–Trinajstić information content (AvgIpc) is 3.31. The molecule has 1 aliphatic heterocycles. The number of nitrogens with zero attached hydrogens (tertiary/aromatic N) is 5. The van der Waals surface area contributed by atoms with Gasteiger partial charge in [0.2, 0.25) is 17.6 Å². The number of amides is 2. The van der Waals surface area contributed by atoms with Gasteiger partial charge in [-0.05, 0) is 51.7 Å². The number of fused-ring (bicyclic) bond motifs is 3. The number of hydrogen-bond acceptors (Lipinski definition) is 5. The van der Waals surface area contributed by atoms with Gasteiger partial charge < -0.3 is 10.2 Å². The van der Waals surface area contributed by atoms with Gasteiger partial charge in [-0.1, -0.05) is 30.8 Å². The molecule has 1 aliphatic rings. The fourth-order valence-corrected chi connectivity index (χ4v) is 5.19. The quantitative estimate of drug-likeness (QED) is 0.569. The second kappa shape index (κ2) is 9.30. The molecule has 4 rings (SSSR count). The first-order chi connectivity index (χ1) is 15.0. The maximum Gasteiger partial charge on any atom is 0.240 e. The summed E-state index contributed by atoms with van der Waals surface area (Å²) in [5.41, 5.74) is 1.85. The van der Waals surface area contributed by atoms with Crippen molar-refractivity contribution in [3.05, 3.63) is 24.3 Å². The Labute approximate surface area is 186 Å². The fraction of sp³-hybridized carbons (Fsp3) is 0.545. The zero-order chi connectivity index (χ0) is 22.0. The van der Waals surface area contributed by atoms with Crippen LogP contribution in [0.15, 0.2) is 29.4 Å². The number of imidazole rings is 1. The van der Waals surface area contributed by atoms with Gasteiger partial charge in [-0.15, -0.1) is 10.2 Å². The molecule has 0 aliphatic carbocycles. The van der Waals surface area contributed by atoms with Crippen LogP contribution in [0.4, 0.5) is 0 Å². The zero-order valence-electron chi connectivity index (χ0n) is 18.4. The van der Waals surface area contributed by atoms with E-state index in [-0.39, 0.29) is 24.4 Å². The highest BCUT2D eigenvalue weighted by atomic mass is 32.2. The summed E-state index contributed by atoms with van der Waals surface area (Å²) in [7, 11) is 0. The summed E-state index contributed by atoms with van der Waals surface area (Å²) in [6.07, 6.45) is 4.36. The van der Waals surface area contributed by atoms with Crippen LogP contribution in [0.2, 0.25) is 0 Å². The highest BCUT2D eigenvalue weighted by molar-refractivity contribution is 7.99. The van der Waals surface area contributed by atoms with Gasteiger partial charge in [0, 0.05) is 18.6 Å². The van der Waals surface area contributed by atoms with Crippen LogP contribution in [-0.4, -0.2) is 60.3 Å². The molecule has 1 unspecified atom stereocenters. The van der Waals surface area contributed by atoms with Crippen molar-refractivity contribution in [1.82, 2.24) is 29.4 Å². The Bertz CT molecular complexity index is 1090. The first-order valence-electron chi connectivity index (χ1n) is 11.0. The summed E-state index contributed by atoms with van der Waals surface area (Å²) in [5, 5.41) is 12.3. The molecule has 166 valence electrons. The number of carbonyl (C=O) groups excluding carboxylic acids is 2. The van der Waals surface area contributed by atoms with E-state index in [4.69, 9.17) is 0 Å². The lowest BCUT2D eigenvalue weighted by molar-refractivity contribution is -0.132. The van der Waals surface area contributed by atoms with Crippen molar-refractivity contribution in [1.29, 1.82) is 0 Å². The van der Waals surface area contributed by atoms with E-state index in [1.165, 1.54) is 18.2 Å². The summed E-state index contributed by atoms with van der Waals surface area (Å²) >= 11 is 1.41. The van der Waals surface area contributed by atoms with Crippen LogP contribution in [0.5, 0.6) is 0 Å². The number of carbonyl (C=O) groups is 2. The fourth-order valence-electron chi connectivity index (χ4n) is 4.36. The molecule has 0 radical (unpaired) electrons. The number of benzene rings is 1. The highest BCUT2D eigenvalue weighted by Crippen LogP contribution is 2.27. The van der Waals surface area contributed by atoms with Crippen LogP contribution in [0, 0.1) is 0 Å². The molecule has 2 amide bonds. The van der Waals surface area contributed by atoms with Gasteiger partial charge in [0.05, 0.1) is 16.8 Å². The van der Waals surface area contributed by atoms with E-state index in [0.29, 0.717) is 22.7 Å². The van der Waals surface area contributed by atoms with Crippen molar-refractivity contribution in [3.63, 3.8) is 0 Å². The Hall–Kier alpha value is -2.55. The summed E-state index contributed by atoms with van der Waals surface area (Å²) in [6.45, 7) is 7.04. The van der Waals surface area contributed by atoms with Crippen molar-refractivity contribution in [2.24, 2.45) is 0 Å². The van der Waals surface area contributed by atoms with E-state index in [1.807, 2.05) is 52.0 Å². The predicted octanol–water partition coefficient (Wildman–Crippen LogP) is 3.09. The maximum atomic E-state index is 12.9. The third-order valence-electron chi connectivity index (χ3n) is 5.77. The highest BCUT2D eigenvalue weighted by Gasteiger charge is 2.26. The van der Waals surface area contributed by atoms with Crippen LogP contribution in [0.1, 0.15) is 46.5 Å². The Balaban J connectivity index is 1.59. The minimum absolute atomic E-state index is 0.0682. The standard InChI is InChI=1S/C22H30N6O2S/c1-4-16-9-7-8-12-26(16)20(30)14-31-22-25-24-21-27(13-19(29)23-15(2)3)17-10-5-6-11-18(17)28(21)22/h5-6,10-11,15-16H,4,7-9,12-14H2,1-3H3,(H,23,29). The number of thioether (sulfide) groups is 1. The first-order valence-corrected chi connectivity index (χ1v) is 12.0. The van der Waals surface area contributed by atoms with Gasteiger partial charge in [0.15, 0.2) is 5.16 Å². The molecule has 1 saturated heterocycles. The van der Waals surface area contributed by atoms with E-state index in [9.17, 15) is 9.59 Å². The third-order valence-corrected chi connectivity index (χ3v) is 6.68. The molecule has 31 heavy (non-hydrogen) atoms. The molecule has 1 N–H and O–H groups in total. The smallest absolute Gasteiger partial charge is 0.240 e. The van der Waals surface area contributed by atoms with E-state index in [1.54, 1.807) is 0 Å². The van der Waals surface area contributed by atoms with Crippen LogP contribution in [0.3, 0.4) is 0 Å². The molecule has 1 atom stereocenters. The van der Waals surface area contributed by atoms with Gasteiger partial charge in [-0.2, -0.15) is 0 Å². The Morgan fingerprint density at radius 3 is 2.71 bits per heavy atom. The van der Waals surface area contributed by atoms with Crippen LogP contribution in [-0.2, 0) is 16.1 Å². The molecule has 0 spiro atoms. The number of piperidine rings is 1. The molecular formula is C22H30N6O2S. The lowest BCUT2D eigenvalue weighted by atomic mass is 10.0. The van der Waals surface area contributed by atoms with E-state index >= 15 is 0 Å². The zero-order valence-corrected chi connectivity index (χ0v) is 19.2. The third kappa shape index (κ3) is 4.42. The van der Waals surface area contributed by atoms with Crippen molar-refractivity contribution in [3.8, 4) is 0 Å². The predicted molar refractivity (Wildman–Crippen MR) is 122 cm³/mol. The topological polar surface area (TPSA) is 84.5 Å². The molecule has 3 heterocycles. The number of hydrogen-bond donors (Lipinski definition) is 1. The van der Waals surface area contributed by atoms with Gasteiger partial charge in [-0.25, -0.2) is 0 Å². The molecule has 0 saturated carbocycles. The lowest BCUT2D eigenvalue weighted by Crippen LogP contribution is -2.44. The Morgan fingerprint density at radius 1 is 1.19 bits per heavy atom. The van der Waals surface area contributed by atoms with Crippen molar-refractivity contribution in [2.75, 3.05) is 12.3 Å². The van der Waals surface area contributed by atoms with Crippen LogP contribution >= 0.6 is 11.8 Å². The van der Waals surface area contributed by atoms with E-state index in [0.717, 1.165) is 36.8 Å². The summed E-state index contributed by atoms with van der Waals surface area (Å²) in [4.78, 5) is 27.4. The molecule has 3 aromatic rings. The first kappa shape index (κ1) is 21.7. The number of likely N-dealkylation sites (tertiary alicyclic amines) is 1. The van der Waals surface area contributed by atoms with E-state index < -0.39 is 0 Å². The number of nitrogens with one attached hydrogen (secondary N) is 1. The molecule has 1 fully saturated rings. The number of aromatic nitrogens is 4. The normalized spacial score (nSPS) is 17.0. The van der Waals surface area contributed by atoms with Gasteiger partial charge >= 0.3 is 0 Å². The van der Waals surface area contributed by atoms with Crippen molar-refractivity contribution < 1.29 is 9.59 Å². The maximum absolute atomic E-state index is 12.9. The molecule has 8 nitrogen and oxygen atoms in total. The van der Waals surface area contributed by atoms with Gasteiger partial charge in [-0.3, -0.25) is 18.6 Å². The molecular weight excluding hydrogens is 412 g/mol. The van der Waals surface area contributed by atoms with Crippen molar-refractivity contribution >= 4 is 40.4 Å². The molecule has 9 heteroatoms. The Morgan fingerprint density at radius 2 is 1.97 bits per heavy atom. The van der Waals surface area contributed by atoms with Crippen LogP contribution in [0.25, 0.3) is 16.8 Å². The SMILES string of the molecule is CCC1CCCCN1C(=O)CSc1nnc2n(CC(=O)NC(C)C)c3ccccc3n12. The summed E-state index contributed by atoms with van der Waals surface area (Å²) in [6, 6.07) is 8.30. The minimum atomic E-state index is -0.0682. The summed E-state index contributed by atoms with van der Waals surface area (Å²) in [5.74, 6) is 1.04. The second-order valence-corrected chi connectivity index (χ2v) is 9.29. The minimum Gasteiger partial charge on any atom is -0.352 e. The Kier molecular flexibility index (Phi) is 6.50. The van der Waals surface area contributed by atoms with Crippen molar-refractivity contribution in [2.45, 2.75) is 70.2 Å². The number of rotatable bonds is 7. The van der Waals surface area contributed by atoms with Crippen LogP contribution < -0.4 is 5.32 Å². The van der Waals surface area contributed by atoms with Gasteiger partial charge in [0.1, 0.15) is 6.54 Å². The second-order valence-electron chi connectivity index (χ2n) is 8.35. The van der Waals surface area contributed by atoms with Gasteiger partial charge in [0.25, 0.3) is 0 Å².